The maximum atomic E-state index is 12.7. The molecular weight excluding hydrogens is 399 g/mol. The van der Waals surface area contributed by atoms with Gasteiger partial charge in [0.2, 0.25) is 0 Å². The molecule has 1 N–H and O–H groups in total. The third kappa shape index (κ3) is 5.07. The first-order valence-corrected chi connectivity index (χ1v) is 9.62. The standard InChI is InChI=1S/C18H19ClF3N3OS/c1-25(2)13-5-3-11(4-6-13)16-23-9-14(26-16)10-27-17-15(19)7-12(8-24-17)18(20,21)22/h3-8,14,16,23H,9-10H2,1-2H3/t14-,16+/m0/s1. The predicted molar refractivity (Wildman–Crippen MR) is 101 cm³/mol. The second kappa shape index (κ2) is 8.26. The molecule has 1 aromatic carbocycles. The fourth-order valence-corrected chi connectivity index (χ4v) is 3.82. The lowest BCUT2D eigenvalue weighted by molar-refractivity contribution is -0.137. The fraction of sp³-hybridized carbons (Fsp3) is 0.389. The SMILES string of the molecule is CN(C)c1ccc([C@@H]2NC[C@@H](CSc3ncc(C(F)(F)F)cc3Cl)O2)cc1. The second-order valence-electron chi connectivity index (χ2n) is 6.35. The number of alkyl halides is 3. The lowest BCUT2D eigenvalue weighted by Crippen LogP contribution is -2.17. The van der Waals surface area contributed by atoms with Gasteiger partial charge >= 0.3 is 6.18 Å². The molecule has 2 atom stereocenters. The Hall–Kier alpha value is -1.48. The molecular formula is C18H19ClF3N3OS. The van der Waals surface area contributed by atoms with Gasteiger partial charge in [0.05, 0.1) is 16.7 Å². The maximum absolute atomic E-state index is 12.7. The molecule has 3 rings (SSSR count). The largest absolute Gasteiger partial charge is 0.417 e. The van der Waals surface area contributed by atoms with E-state index in [0.717, 1.165) is 23.5 Å². The highest BCUT2D eigenvalue weighted by molar-refractivity contribution is 7.99. The van der Waals surface area contributed by atoms with E-state index in [-0.39, 0.29) is 17.4 Å². The fourth-order valence-electron chi connectivity index (χ4n) is 2.63. The molecule has 1 fully saturated rings. The average molecular weight is 418 g/mol. The van der Waals surface area contributed by atoms with Gasteiger partial charge in [0.15, 0.2) is 0 Å². The van der Waals surface area contributed by atoms with Crippen molar-refractivity contribution in [2.24, 2.45) is 0 Å². The molecule has 2 heterocycles. The number of nitrogens with zero attached hydrogens (tertiary/aromatic N) is 2. The Labute approximate surface area is 165 Å². The van der Waals surface area contributed by atoms with Crippen molar-refractivity contribution in [1.82, 2.24) is 10.3 Å². The van der Waals surface area contributed by atoms with Gasteiger partial charge in [0.1, 0.15) is 11.3 Å². The second-order valence-corrected chi connectivity index (χ2v) is 7.77. The molecule has 1 aromatic heterocycles. The molecule has 1 aliphatic rings. The van der Waals surface area contributed by atoms with Crippen LogP contribution >= 0.6 is 23.4 Å². The number of nitrogens with one attached hydrogen (secondary N) is 1. The number of aromatic nitrogens is 1. The van der Waals surface area contributed by atoms with Crippen molar-refractivity contribution >= 4 is 29.1 Å². The maximum Gasteiger partial charge on any atom is 0.417 e. The number of rotatable bonds is 5. The summed E-state index contributed by atoms with van der Waals surface area (Å²) >= 11 is 7.23. The average Bonchev–Trinajstić information content (AvgIpc) is 3.09. The lowest BCUT2D eigenvalue weighted by atomic mass is 10.2. The lowest BCUT2D eigenvalue weighted by Gasteiger charge is -2.16. The van der Waals surface area contributed by atoms with E-state index in [0.29, 0.717) is 17.3 Å². The van der Waals surface area contributed by atoms with Gasteiger partial charge in [0, 0.05) is 38.3 Å². The Kier molecular flexibility index (Phi) is 6.20. The minimum Gasteiger partial charge on any atom is -0.378 e. The number of anilines is 1. The van der Waals surface area contributed by atoms with Gasteiger partial charge in [-0.1, -0.05) is 23.7 Å². The van der Waals surface area contributed by atoms with Crippen molar-refractivity contribution in [2.45, 2.75) is 23.5 Å². The molecule has 146 valence electrons. The molecule has 9 heteroatoms. The van der Waals surface area contributed by atoms with Gasteiger partial charge in [0.25, 0.3) is 0 Å². The molecule has 0 saturated carbocycles. The normalized spacial score (nSPS) is 20.1. The molecule has 27 heavy (non-hydrogen) atoms. The van der Waals surface area contributed by atoms with Crippen LogP contribution < -0.4 is 10.2 Å². The zero-order valence-corrected chi connectivity index (χ0v) is 16.3. The number of halogens is 4. The smallest absolute Gasteiger partial charge is 0.378 e. The third-order valence-electron chi connectivity index (χ3n) is 4.11. The van der Waals surface area contributed by atoms with Crippen molar-refractivity contribution in [3.63, 3.8) is 0 Å². The Morgan fingerprint density at radius 2 is 2.00 bits per heavy atom. The first kappa shape index (κ1) is 20.3. The molecule has 1 saturated heterocycles. The summed E-state index contributed by atoms with van der Waals surface area (Å²) in [6.07, 6.45) is -3.94. The Morgan fingerprint density at radius 3 is 2.59 bits per heavy atom. The summed E-state index contributed by atoms with van der Waals surface area (Å²) in [5.41, 5.74) is 1.28. The summed E-state index contributed by atoms with van der Waals surface area (Å²) in [4.78, 5) is 5.86. The predicted octanol–water partition coefficient (Wildman–Crippen LogP) is 4.60. The van der Waals surface area contributed by atoms with Crippen LogP contribution in [0.15, 0.2) is 41.6 Å². The zero-order valence-electron chi connectivity index (χ0n) is 14.8. The van der Waals surface area contributed by atoms with Crippen LogP contribution in [0.5, 0.6) is 0 Å². The number of ether oxygens (including phenoxy) is 1. The quantitative estimate of drug-likeness (QED) is 0.720. The summed E-state index contributed by atoms with van der Waals surface area (Å²) in [5, 5.41) is 3.66. The molecule has 1 aliphatic heterocycles. The van der Waals surface area contributed by atoms with Crippen LogP contribution in [-0.4, -0.2) is 37.5 Å². The first-order chi connectivity index (χ1) is 12.7. The van der Waals surface area contributed by atoms with Crippen LogP contribution in [0.25, 0.3) is 0 Å². The van der Waals surface area contributed by atoms with Crippen LogP contribution in [0.3, 0.4) is 0 Å². The molecule has 4 nitrogen and oxygen atoms in total. The van der Waals surface area contributed by atoms with E-state index in [2.05, 4.69) is 10.3 Å². The minimum absolute atomic E-state index is 0.00314. The summed E-state index contributed by atoms with van der Waals surface area (Å²) in [6.45, 7) is 0.644. The van der Waals surface area contributed by atoms with Crippen LogP contribution in [0.2, 0.25) is 5.02 Å². The highest BCUT2D eigenvalue weighted by atomic mass is 35.5. The van der Waals surface area contributed by atoms with Crippen molar-refractivity contribution in [2.75, 3.05) is 31.3 Å². The number of hydrogen-bond donors (Lipinski definition) is 1. The van der Waals surface area contributed by atoms with Crippen LogP contribution in [0.1, 0.15) is 17.4 Å². The van der Waals surface area contributed by atoms with E-state index in [4.69, 9.17) is 16.3 Å². The summed E-state index contributed by atoms with van der Waals surface area (Å²) in [6, 6.07) is 8.97. The summed E-state index contributed by atoms with van der Waals surface area (Å²) < 4.78 is 44.0. The van der Waals surface area contributed by atoms with Gasteiger partial charge in [-0.05, 0) is 23.8 Å². The monoisotopic (exact) mass is 417 g/mol. The van der Waals surface area contributed by atoms with Crippen LogP contribution in [0.4, 0.5) is 18.9 Å². The van der Waals surface area contributed by atoms with Crippen LogP contribution in [0, 0.1) is 0 Å². The zero-order chi connectivity index (χ0) is 19.6. The molecule has 2 aromatic rings. The molecule has 0 spiro atoms. The van der Waals surface area contributed by atoms with Crippen LogP contribution in [-0.2, 0) is 10.9 Å². The van der Waals surface area contributed by atoms with Gasteiger partial charge in [-0.3, -0.25) is 5.32 Å². The number of benzene rings is 1. The Balaban J connectivity index is 1.56. The highest BCUT2D eigenvalue weighted by Gasteiger charge is 2.32. The van der Waals surface area contributed by atoms with Gasteiger partial charge in [-0.15, -0.1) is 11.8 Å². The molecule has 0 radical (unpaired) electrons. The van der Waals surface area contributed by atoms with Crippen molar-refractivity contribution < 1.29 is 17.9 Å². The van der Waals surface area contributed by atoms with Gasteiger partial charge in [-0.25, -0.2) is 4.98 Å². The number of thioether (sulfide) groups is 1. The molecule has 0 aliphatic carbocycles. The first-order valence-electron chi connectivity index (χ1n) is 8.25. The van der Waals surface area contributed by atoms with Crippen molar-refractivity contribution in [3.05, 3.63) is 52.7 Å². The minimum atomic E-state index is -4.45. The van der Waals surface area contributed by atoms with E-state index in [1.54, 1.807) is 0 Å². The van der Waals surface area contributed by atoms with E-state index < -0.39 is 11.7 Å². The summed E-state index contributed by atoms with van der Waals surface area (Å²) in [7, 11) is 3.96. The number of hydrogen-bond acceptors (Lipinski definition) is 5. The van der Waals surface area contributed by atoms with E-state index in [9.17, 15) is 13.2 Å². The van der Waals surface area contributed by atoms with E-state index in [1.807, 2.05) is 43.3 Å². The molecule has 0 unspecified atom stereocenters. The van der Waals surface area contributed by atoms with Gasteiger partial charge < -0.3 is 9.64 Å². The third-order valence-corrected chi connectivity index (χ3v) is 5.65. The highest BCUT2D eigenvalue weighted by Crippen LogP contribution is 2.34. The van der Waals surface area contributed by atoms with Crippen molar-refractivity contribution in [1.29, 1.82) is 0 Å². The van der Waals surface area contributed by atoms with Crippen molar-refractivity contribution in [3.8, 4) is 0 Å². The van der Waals surface area contributed by atoms with E-state index in [1.165, 1.54) is 11.8 Å². The Bertz CT molecular complexity index is 786. The van der Waals surface area contributed by atoms with Gasteiger partial charge in [-0.2, -0.15) is 13.2 Å². The topological polar surface area (TPSA) is 37.4 Å². The van der Waals surface area contributed by atoms with E-state index >= 15 is 0 Å². The summed E-state index contributed by atoms with van der Waals surface area (Å²) in [5.74, 6) is 0.539. The molecule has 0 amide bonds. The number of pyridine rings is 1. The Morgan fingerprint density at radius 1 is 1.30 bits per heavy atom. The molecule has 0 bridgehead atoms.